The maximum Gasteiger partial charge on any atom is 0.254 e. The summed E-state index contributed by atoms with van der Waals surface area (Å²) in [4.78, 5) is 30.9. The van der Waals surface area contributed by atoms with Gasteiger partial charge in [-0.2, -0.15) is 5.10 Å². The maximum atomic E-state index is 13.7. The van der Waals surface area contributed by atoms with E-state index in [-0.39, 0.29) is 23.9 Å². The number of carbonyl (C=O) groups excluding carboxylic acids is 2. The molecule has 2 aliphatic rings. The lowest BCUT2D eigenvalue weighted by Gasteiger charge is -2.29. The second-order valence-corrected chi connectivity index (χ2v) is 10.1. The van der Waals surface area contributed by atoms with Crippen molar-refractivity contribution in [2.75, 3.05) is 33.8 Å². The number of aromatic amines is 1. The number of ether oxygens (including phenoxy) is 1. The first-order valence-corrected chi connectivity index (χ1v) is 13.0. The minimum Gasteiger partial charge on any atom is -0.380 e. The molecule has 37 heavy (non-hydrogen) atoms. The quantitative estimate of drug-likeness (QED) is 0.510. The smallest absolute Gasteiger partial charge is 0.254 e. The van der Waals surface area contributed by atoms with Crippen LogP contribution in [0.15, 0.2) is 54.9 Å². The van der Waals surface area contributed by atoms with Crippen LogP contribution < -0.4 is 5.32 Å². The molecule has 0 radical (unpaired) electrons. The van der Waals surface area contributed by atoms with Gasteiger partial charge >= 0.3 is 0 Å². The first-order valence-electron chi connectivity index (χ1n) is 13.0. The van der Waals surface area contributed by atoms with Crippen LogP contribution in [0.1, 0.15) is 63.6 Å². The van der Waals surface area contributed by atoms with Crippen LogP contribution in [0, 0.1) is 0 Å². The van der Waals surface area contributed by atoms with Gasteiger partial charge in [0.05, 0.1) is 18.8 Å². The Morgan fingerprint density at radius 3 is 2.68 bits per heavy atom. The first kappa shape index (κ1) is 25.2. The van der Waals surface area contributed by atoms with Crippen LogP contribution in [0.5, 0.6) is 0 Å². The number of H-pyrrole nitrogens is 1. The molecule has 194 valence electrons. The third-order valence-corrected chi connectivity index (χ3v) is 7.56. The molecule has 2 amide bonds. The Morgan fingerprint density at radius 2 is 1.92 bits per heavy atom. The molecule has 1 atom stereocenters. The van der Waals surface area contributed by atoms with E-state index in [2.05, 4.69) is 27.5 Å². The number of benzene rings is 2. The van der Waals surface area contributed by atoms with Crippen molar-refractivity contribution in [3.05, 3.63) is 77.1 Å². The summed E-state index contributed by atoms with van der Waals surface area (Å²) in [7, 11) is 3.77. The Hall–Kier alpha value is -3.49. The predicted molar refractivity (Wildman–Crippen MR) is 142 cm³/mol. The van der Waals surface area contributed by atoms with Crippen molar-refractivity contribution in [1.82, 2.24) is 25.3 Å². The molecule has 2 fully saturated rings. The highest BCUT2D eigenvalue weighted by Crippen LogP contribution is 2.34. The number of piperidine rings is 1. The third-order valence-electron chi connectivity index (χ3n) is 7.56. The van der Waals surface area contributed by atoms with Crippen LogP contribution in [0.3, 0.4) is 0 Å². The molecule has 2 saturated heterocycles. The van der Waals surface area contributed by atoms with Gasteiger partial charge in [-0.05, 0) is 86.8 Å². The van der Waals surface area contributed by atoms with Crippen LogP contribution in [0.2, 0.25) is 0 Å². The average molecular weight is 502 g/mol. The van der Waals surface area contributed by atoms with Gasteiger partial charge in [-0.15, -0.1) is 0 Å². The number of nitrogens with one attached hydrogen (secondary N) is 2. The van der Waals surface area contributed by atoms with E-state index < -0.39 is 0 Å². The highest BCUT2D eigenvalue weighted by Gasteiger charge is 2.31. The highest BCUT2D eigenvalue weighted by molar-refractivity contribution is 5.96. The van der Waals surface area contributed by atoms with Crippen molar-refractivity contribution in [1.29, 1.82) is 0 Å². The van der Waals surface area contributed by atoms with E-state index in [1.807, 2.05) is 53.6 Å². The maximum absolute atomic E-state index is 13.7. The summed E-state index contributed by atoms with van der Waals surface area (Å²) >= 11 is 0. The normalized spacial score (nSPS) is 18.8. The van der Waals surface area contributed by atoms with Crippen molar-refractivity contribution < 1.29 is 14.3 Å². The minimum absolute atomic E-state index is 0.000207. The molecule has 1 unspecified atom stereocenters. The summed E-state index contributed by atoms with van der Waals surface area (Å²) in [6, 6.07) is 13.7. The minimum atomic E-state index is -0.0528. The third kappa shape index (κ3) is 5.60. The van der Waals surface area contributed by atoms with Crippen LogP contribution in [-0.2, 0) is 11.3 Å². The molecular weight excluding hydrogens is 466 g/mol. The van der Waals surface area contributed by atoms with Crippen molar-refractivity contribution >= 4 is 11.8 Å². The second-order valence-electron chi connectivity index (χ2n) is 10.1. The van der Waals surface area contributed by atoms with E-state index in [1.54, 1.807) is 13.3 Å². The van der Waals surface area contributed by atoms with E-state index in [0.29, 0.717) is 24.3 Å². The number of hydrogen-bond donors (Lipinski definition) is 2. The number of methoxy groups -OCH3 is 1. The topological polar surface area (TPSA) is 90.6 Å². The molecule has 3 aromatic rings. The lowest BCUT2D eigenvalue weighted by atomic mass is 9.98. The molecule has 1 aromatic heterocycles. The van der Waals surface area contributed by atoms with Crippen molar-refractivity contribution in [3.8, 4) is 11.1 Å². The lowest BCUT2D eigenvalue weighted by Crippen LogP contribution is -2.43. The summed E-state index contributed by atoms with van der Waals surface area (Å²) in [6.07, 6.45) is 7.35. The van der Waals surface area contributed by atoms with Crippen molar-refractivity contribution in [2.45, 2.75) is 44.4 Å². The van der Waals surface area contributed by atoms with Gasteiger partial charge in [0.15, 0.2) is 0 Å². The predicted octanol–water partition coefficient (Wildman–Crippen LogP) is 4.02. The molecule has 0 aliphatic carbocycles. The Labute approximate surface area is 218 Å². The summed E-state index contributed by atoms with van der Waals surface area (Å²) in [5, 5.41) is 10.1. The Bertz CT molecular complexity index is 1230. The molecule has 5 rings (SSSR count). The highest BCUT2D eigenvalue weighted by atomic mass is 16.5. The molecule has 2 aliphatic heterocycles. The number of amides is 2. The second kappa shape index (κ2) is 11.3. The summed E-state index contributed by atoms with van der Waals surface area (Å²) in [6.45, 7) is 3.09. The molecule has 2 N–H and O–H groups in total. The SMILES string of the molecule is COCc1cc(C(=O)N2CCCC2c2cccc(C(=O)NC3CCN(C)CC3)c2)ccc1-c1cn[nH]c1. The van der Waals surface area contributed by atoms with E-state index >= 15 is 0 Å². The van der Waals surface area contributed by atoms with Gasteiger partial charge in [0.2, 0.25) is 0 Å². The molecule has 0 spiro atoms. The fourth-order valence-electron chi connectivity index (χ4n) is 5.51. The number of aromatic nitrogens is 2. The van der Waals surface area contributed by atoms with Gasteiger partial charge in [-0.25, -0.2) is 0 Å². The number of carbonyl (C=O) groups is 2. The van der Waals surface area contributed by atoms with E-state index in [1.165, 1.54) is 0 Å². The molecule has 8 nitrogen and oxygen atoms in total. The number of rotatable bonds is 7. The van der Waals surface area contributed by atoms with Gasteiger partial charge in [-0.3, -0.25) is 14.7 Å². The van der Waals surface area contributed by atoms with Crippen LogP contribution in [-0.4, -0.2) is 71.6 Å². The zero-order valence-corrected chi connectivity index (χ0v) is 21.6. The zero-order chi connectivity index (χ0) is 25.8. The number of nitrogens with zero attached hydrogens (tertiary/aromatic N) is 3. The fraction of sp³-hybridized carbons (Fsp3) is 0.414. The van der Waals surface area contributed by atoms with Gasteiger partial charge in [0.25, 0.3) is 11.8 Å². The van der Waals surface area contributed by atoms with E-state index in [0.717, 1.165) is 61.0 Å². The Morgan fingerprint density at radius 1 is 1.08 bits per heavy atom. The molecule has 0 saturated carbocycles. The lowest BCUT2D eigenvalue weighted by molar-refractivity contribution is 0.0735. The largest absolute Gasteiger partial charge is 0.380 e. The molecule has 0 bridgehead atoms. The first-order chi connectivity index (χ1) is 18.0. The summed E-state index contributed by atoms with van der Waals surface area (Å²) < 4.78 is 5.42. The van der Waals surface area contributed by atoms with Gasteiger partial charge in [-0.1, -0.05) is 18.2 Å². The zero-order valence-electron chi connectivity index (χ0n) is 21.6. The number of likely N-dealkylation sites (tertiary alicyclic amines) is 2. The Balaban J connectivity index is 1.33. The van der Waals surface area contributed by atoms with Crippen LogP contribution >= 0.6 is 0 Å². The van der Waals surface area contributed by atoms with Crippen LogP contribution in [0.4, 0.5) is 0 Å². The molecular formula is C29H35N5O3. The van der Waals surface area contributed by atoms with Crippen LogP contribution in [0.25, 0.3) is 11.1 Å². The van der Waals surface area contributed by atoms with E-state index in [4.69, 9.17) is 4.74 Å². The fourth-order valence-corrected chi connectivity index (χ4v) is 5.51. The van der Waals surface area contributed by atoms with Gasteiger partial charge < -0.3 is 19.9 Å². The average Bonchev–Trinajstić information content (AvgIpc) is 3.63. The molecule has 3 heterocycles. The monoisotopic (exact) mass is 501 g/mol. The van der Waals surface area contributed by atoms with Gasteiger partial charge in [0, 0.05) is 42.6 Å². The number of hydrogen-bond acceptors (Lipinski definition) is 5. The summed E-state index contributed by atoms with van der Waals surface area (Å²) in [5.41, 5.74) is 5.20. The van der Waals surface area contributed by atoms with Crippen molar-refractivity contribution in [3.63, 3.8) is 0 Å². The molecule has 8 heteroatoms. The standard InChI is InChI=1S/C29H35N5O3/c1-33-13-10-25(11-14-33)32-28(35)21-6-3-5-20(15-21)27-7-4-12-34(27)29(36)22-8-9-26(23(16-22)19-37-2)24-17-30-31-18-24/h3,5-6,8-9,15-18,25,27H,4,7,10-14,19H2,1-2H3,(H,30,31)(H,32,35). The van der Waals surface area contributed by atoms with Crippen molar-refractivity contribution in [2.24, 2.45) is 0 Å². The van der Waals surface area contributed by atoms with Gasteiger partial charge in [0.1, 0.15) is 0 Å². The summed E-state index contributed by atoms with van der Waals surface area (Å²) in [5.74, 6) is -0.0360. The Kier molecular flexibility index (Phi) is 7.67. The van der Waals surface area contributed by atoms with E-state index in [9.17, 15) is 9.59 Å². The molecule has 2 aromatic carbocycles.